The minimum Gasteiger partial charge on any atom is -0.467 e. The van der Waals surface area contributed by atoms with Crippen LogP contribution in [0.4, 0.5) is 13.2 Å². The highest BCUT2D eigenvalue weighted by atomic mass is 19.4. The molecule has 0 fully saturated rings. The maximum atomic E-state index is 12.4. The van der Waals surface area contributed by atoms with Crippen molar-refractivity contribution in [3.05, 3.63) is 35.9 Å². The van der Waals surface area contributed by atoms with Crippen molar-refractivity contribution < 1.29 is 27.4 Å². The van der Waals surface area contributed by atoms with E-state index in [9.17, 15) is 18.0 Å². The van der Waals surface area contributed by atoms with Crippen LogP contribution in [0.5, 0.6) is 0 Å². The Morgan fingerprint density at radius 3 is 2.35 bits per heavy atom. The summed E-state index contributed by atoms with van der Waals surface area (Å²) in [7, 11) is 0.882. The maximum absolute atomic E-state index is 12.4. The number of ether oxygens (including phenoxy) is 2. The molecule has 1 atom stereocenters. The van der Waals surface area contributed by atoms with Gasteiger partial charge in [-0.25, -0.2) is 4.79 Å². The summed E-state index contributed by atoms with van der Waals surface area (Å²) in [4.78, 5) is 10.9. The normalized spacial score (nSPS) is 13.2. The predicted molar refractivity (Wildman–Crippen MR) is 53.1 cm³/mol. The smallest absolute Gasteiger partial charge is 0.425 e. The number of halogens is 3. The second-order valence-corrected chi connectivity index (χ2v) is 3.24. The molecule has 17 heavy (non-hydrogen) atoms. The van der Waals surface area contributed by atoms with Gasteiger partial charge >= 0.3 is 12.1 Å². The van der Waals surface area contributed by atoms with Crippen molar-refractivity contribution in [1.29, 1.82) is 0 Å². The number of carbonyl (C=O) groups excluding carboxylic acids is 1. The molecule has 0 saturated heterocycles. The van der Waals surface area contributed by atoms with Crippen LogP contribution in [0.25, 0.3) is 0 Å². The largest absolute Gasteiger partial charge is 0.467 e. The van der Waals surface area contributed by atoms with Gasteiger partial charge in [0.15, 0.2) is 0 Å². The van der Waals surface area contributed by atoms with Crippen molar-refractivity contribution in [3.63, 3.8) is 0 Å². The van der Waals surface area contributed by atoms with Crippen LogP contribution in [0, 0.1) is 0 Å². The number of methoxy groups -OCH3 is 1. The molecule has 0 saturated carbocycles. The van der Waals surface area contributed by atoms with Gasteiger partial charge in [0.2, 0.25) is 0 Å². The van der Waals surface area contributed by atoms with Crippen molar-refractivity contribution >= 4 is 5.97 Å². The molecule has 0 bridgehead atoms. The lowest BCUT2D eigenvalue weighted by Crippen LogP contribution is -2.39. The molecule has 0 aliphatic rings. The zero-order chi connectivity index (χ0) is 12.9. The fraction of sp³-hybridized carbons (Fsp3) is 0.364. The number of alkyl halides is 3. The number of hydrogen-bond donors (Lipinski definition) is 0. The van der Waals surface area contributed by atoms with Gasteiger partial charge in [-0.05, 0) is 5.56 Å². The van der Waals surface area contributed by atoms with E-state index in [4.69, 9.17) is 0 Å². The van der Waals surface area contributed by atoms with Gasteiger partial charge in [0.05, 0.1) is 13.7 Å². The second-order valence-electron chi connectivity index (χ2n) is 3.24. The number of esters is 1. The predicted octanol–water partition coefficient (Wildman–Crippen LogP) is 2.31. The third-order valence-electron chi connectivity index (χ3n) is 1.97. The van der Waals surface area contributed by atoms with Crippen LogP contribution in [-0.2, 0) is 20.9 Å². The first-order valence-corrected chi connectivity index (χ1v) is 4.75. The third kappa shape index (κ3) is 4.07. The molecule has 6 heteroatoms. The minimum atomic E-state index is -4.78. The van der Waals surface area contributed by atoms with E-state index in [1.54, 1.807) is 30.3 Å². The molecule has 0 aromatic heterocycles. The highest BCUT2D eigenvalue weighted by Gasteiger charge is 2.47. The Morgan fingerprint density at radius 1 is 1.29 bits per heavy atom. The summed E-state index contributed by atoms with van der Waals surface area (Å²) in [6.07, 6.45) is -7.32. The van der Waals surface area contributed by atoms with Crippen LogP contribution in [0.3, 0.4) is 0 Å². The first kappa shape index (κ1) is 13.5. The van der Waals surface area contributed by atoms with E-state index in [1.807, 2.05) is 0 Å². The average Bonchev–Trinajstić information content (AvgIpc) is 2.28. The second kappa shape index (κ2) is 5.67. The topological polar surface area (TPSA) is 35.5 Å². The molecule has 1 aromatic carbocycles. The molecule has 0 unspecified atom stereocenters. The molecule has 0 aliphatic heterocycles. The summed E-state index contributed by atoms with van der Waals surface area (Å²) >= 11 is 0. The molecule has 94 valence electrons. The number of hydrogen-bond acceptors (Lipinski definition) is 3. The Morgan fingerprint density at radius 2 is 1.88 bits per heavy atom. The molecule has 0 heterocycles. The van der Waals surface area contributed by atoms with E-state index in [0.717, 1.165) is 7.11 Å². The SMILES string of the molecule is COC(=O)[C@H](OCc1ccccc1)C(F)(F)F. The Hall–Kier alpha value is -1.56. The monoisotopic (exact) mass is 248 g/mol. The lowest BCUT2D eigenvalue weighted by molar-refractivity contribution is -0.231. The van der Waals surface area contributed by atoms with Crippen LogP contribution in [0.2, 0.25) is 0 Å². The Labute approximate surface area is 96.1 Å². The molecule has 0 N–H and O–H groups in total. The molecule has 0 aliphatic carbocycles. The number of carbonyl (C=O) groups is 1. The van der Waals surface area contributed by atoms with Crippen LogP contribution in [-0.4, -0.2) is 25.4 Å². The van der Waals surface area contributed by atoms with E-state index < -0.39 is 18.2 Å². The average molecular weight is 248 g/mol. The molecule has 0 spiro atoms. The van der Waals surface area contributed by atoms with Crippen LogP contribution in [0.1, 0.15) is 5.56 Å². The molecule has 3 nitrogen and oxygen atoms in total. The van der Waals surface area contributed by atoms with Gasteiger partial charge in [0, 0.05) is 0 Å². The summed E-state index contributed by atoms with van der Waals surface area (Å²) in [6, 6.07) is 8.26. The number of rotatable bonds is 4. The molecule has 0 amide bonds. The van der Waals surface area contributed by atoms with Gasteiger partial charge in [-0.2, -0.15) is 13.2 Å². The highest BCUT2D eigenvalue weighted by molar-refractivity contribution is 5.75. The summed E-state index contributed by atoms with van der Waals surface area (Å²) in [5.41, 5.74) is 0.547. The molecule has 1 aromatic rings. The lowest BCUT2D eigenvalue weighted by Gasteiger charge is -2.18. The zero-order valence-corrected chi connectivity index (χ0v) is 9.03. The summed E-state index contributed by atoms with van der Waals surface area (Å²) < 4.78 is 45.9. The van der Waals surface area contributed by atoms with Gasteiger partial charge < -0.3 is 9.47 Å². The fourth-order valence-corrected chi connectivity index (χ4v) is 1.16. The maximum Gasteiger partial charge on any atom is 0.425 e. The molecular weight excluding hydrogens is 237 g/mol. The van der Waals surface area contributed by atoms with Gasteiger partial charge in [0.1, 0.15) is 0 Å². The third-order valence-corrected chi connectivity index (χ3v) is 1.97. The lowest BCUT2D eigenvalue weighted by atomic mass is 10.2. The van der Waals surface area contributed by atoms with Crippen LogP contribution in [0.15, 0.2) is 30.3 Å². The van der Waals surface area contributed by atoms with Crippen molar-refractivity contribution in [2.24, 2.45) is 0 Å². The first-order valence-electron chi connectivity index (χ1n) is 4.75. The summed E-state index contributed by atoms with van der Waals surface area (Å²) in [6.45, 7) is -0.305. The zero-order valence-electron chi connectivity index (χ0n) is 9.03. The summed E-state index contributed by atoms with van der Waals surface area (Å²) in [5, 5.41) is 0. The quantitative estimate of drug-likeness (QED) is 0.767. The Balaban J connectivity index is 2.65. The van der Waals surface area contributed by atoms with E-state index in [0.29, 0.717) is 5.56 Å². The van der Waals surface area contributed by atoms with Gasteiger partial charge in [-0.15, -0.1) is 0 Å². The van der Waals surface area contributed by atoms with Crippen LogP contribution < -0.4 is 0 Å². The van der Waals surface area contributed by atoms with E-state index in [-0.39, 0.29) is 6.61 Å². The Kier molecular flexibility index (Phi) is 4.51. The van der Waals surface area contributed by atoms with Crippen molar-refractivity contribution in [3.8, 4) is 0 Å². The molecule has 0 radical (unpaired) electrons. The summed E-state index contributed by atoms with van der Waals surface area (Å²) in [5.74, 6) is -1.45. The van der Waals surface area contributed by atoms with Crippen molar-refractivity contribution in [2.45, 2.75) is 18.9 Å². The van der Waals surface area contributed by atoms with Gasteiger partial charge in [0.25, 0.3) is 6.10 Å². The van der Waals surface area contributed by atoms with E-state index >= 15 is 0 Å². The fourth-order valence-electron chi connectivity index (χ4n) is 1.16. The standard InChI is InChI=1S/C11H11F3O3/c1-16-10(15)9(11(12,13)14)17-7-8-5-3-2-4-6-8/h2-6,9H,7H2,1H3/t9-/m0/s1. The highest BCUT2D eigenvalue weighted by Crippen LogP contribution is 2.24. The van der Waals surface area contributed by atoms with Crippen molar-refractivity contribution in [2.75, 3.05) is 7.11 Å². The minimum absolute atomic E-state index is 0.305. The molecule has 1 rings (SSSR count). The van der Waals surface area contributed by atoms with Gasteiger partial charge in [-0.3, -0.25) is 0 Å². The Bertz CT molecular complexity index is 362. The van der Waals surface area contributed by atoms with Crippen molar-refractivity contribution in [1.82, 2.24) is 0 Å². The van der Waals surface area contributed by atoms with E-state index in [1.165, 1.54) is 0 Å². The van der Waals surface area contributed by atoms with Gasteiger partial charge in [-0.1, -0.05) is 30.3 Å². The first-order chi connectivity index (χ1) is 7.95. The number of benzene rings is 1. The van der Waals surface area contributed by atoms with Crippen LogP contribution >= 0.6 is 0 Å². The van der Waals surface area contributed by atoms with E-state index in [2.05, 4.69) is 9.47 Å². The molecular formula is C11H11F3O3.